The minimum absolute atomic E-state index is 0.144. The van der Waals surface area contributed by atoms with Gasteiger partial charge in [-0.05, 0) is 24.7 Å². The van der Waals surface area contributed by atoms with Crippen molar-refractivity contribution in [3.63, 3.8) is 0 Å². The van der Waals surface area contributed by atoms with Crippen LogP contribution in [-0.4, -0.2) is 23.5 Å². The first-order chi connectivity index (χ1) is 7.42. The second-order valence-corrected chi connectivity index (χ2v) is 4.99. The summed E-state index contributed by atoms with van der Waals surface area (Å²) < 4.78 is 0. The van der Waals surface area contributed by atoms with Gasteiger partial charge in [-0.25, -0.2) is 0 Å². The molecule has 0 spiro atoms. The first kappa shape index (κ1) is 13.0. The molecule has 0 saturated heterocycles. The summed E-state index contributed by atoms with van der Waals surface area (Å²) in [5.74, 6) is -2.16. The van der Waals surface area contributed by atoms with Gasteiger partial charge in [-0.2, -0.15) is 0 Å². The zero-order valence-corrected chi connectivity index (χ0v) is 10.2. The first-order valence-electron chi connectivity index (χ1n) is 5.92. The van der Waals surface area contributed by atoms with Crippen molar-refractivity contribution in [2.75, 3.05) is 6.54 Å². The quantitative estimate of drug-likeness (QED) is 0.725. The molecule has 0 aliphatic heterocycles. The van der Waals surface area contributed by atoms with Gasteiger partial charge in [0.1, 0.15) is 0 Å². The number of carboxylic acid groups (broad SMARTS) is 1. The topological polar surface area (TPSA) is 66.4 Å². The summed E-state index contributed by atoms with van der Waals surface area (Å²) in [5.41, 5.74) is 0.307. The number of amides is 1. The third-order valence-electron chi connectivity index (χ3n) is 3.90. The molecular weight excluding hydrogens is 206 g/mol. The maximum absolute atomic E-state index is 11.7. The molecule has 2 atom stereocenters. The molecule has 1 amide bonds. The monoisotopic (exact) mass is 227 g/mol. The predicted molar refractivity (Wildman–Crippen MR) is 60.9 cm³/mol. The molecule has 1 saturated carbocycles. The predicted octanol–water partition coefficient (Wildman–Crippen LogP) is 1.65. The molecule has 4 heteroatoms. The fraction of sp³-hybridized carbons (Fsp3) is 0.833. The molecule has 2 unspecified atom stereocenters. The lowest BCUT2D eigenvalue weighted by molar-refractivity contribution is -0.146. The van der Waals surface area contributed by atoms with E-state index in [1.807, 2.05) is 0 Å². The fourth-order valence-corrected chi connectivity index (χ4v) is 1.71. The molecule has 4 nitrogen and oxygen atoms in total. The Hall–Kier alpha value is -1.06. The molecule has 16 heavy (non-hydrogen) atoms. The highest BCUT2D eigenvalue weighted by Gasteiger charge is 2.41. The van der Waals surface area contributed by atoms with E-state index in [9.17, 15) is 9.59 Å². The zero-order valence-electron chi connectivity index (χ0n) is 10.2. The number of carboxylic acids is 1. The SMILES string of the molecule is CCC1(CNC(=O)C(C)C(C)C(=O)O)CC1. The van der Waals surface area contributed by atoms with E-state index in [1.165, 1.54) is 12.8 Å². The average Bonchev–Trinajstić information content (AvgIpc) is 3.04. The smallest absolute Gasteiger partial charge is 0.307 e. The Bertz CT molecular complexity index is 284. The van der Waals surface area contributed by atoms with E-state index in [1.54, 1.807) is 13.8 Å². The maximum atomic E-state index is 11.7. The highest BCUT2D eigenvalue weighted by Crippen LogP contribution is 2.47. The van der Waals surface area contributed by atoms with Gasteiger partial charge in [-0.15, -0.1) is 0 Å². The number of aliphatic carboxylic acids is 1. The van der Waals surface area contributed by atoms with Gasteiger partial charge in [0.05, 0.1) is 5.92 Å². The van der Waals surface area contributed by atoms with Crippen molar-refractivity contribution < 1.29 is 14.7 Å². The maximum Gasteiger partial charge on any atom is 0.307 e. The number of rotatable bonds is 6. The Kier molecular flexibility index (Phi) is 3.94. The van der Waals surface area contributed by atoms with E-state index < -0.39 is 17.8 Å². The molecule has 0 aromatic heterocycles. The lowest BCUT2D eigenvalue weighted by atomic mass is 9.95. The first-order valence-corrected chi connectivity index (χ1v) is 5.92. The molecule has 0 aromatic carbocycles. The van der Waals surface area contributed by atoms with Crippen molar-refractivity contribution >= 4 is 11.9 Å². The van der Waals surface area contributed by atoms with Gasteiger partial charge in [-0.1, -0.05) is 20.8 Å². The van der Waals surface area contributed by atoms with Gasteiger partial charge in [0.2, 0.25) is 5.91 Å². The van der Waals surface area contributed by atoms with Crippen LogP contribution in [0.25, 0.3) is 0 Å². The van der Waals surface area contributed by atoms with E-state index in [0.717, 1.165) is 6.42 Å². The van der Waals surface area contributed by atoms with Gasteiger partial charge >= 0.3 is 5.97 Å². The number of carbonyl (C=O) groups is 2. The molecule has 92 valence electrons. The van der Waals surface area contributed by atoms with Crippen molar-refractivity contribution in [3.8, 4) is 0 Å². The lowest BCUT2D eigenvalue weighted by Gasteiger charge is -2.18. The molecule has 0 radical (unpaired) electrons. The summed E-state index contributed by atoms with van der Waals surface area (Å²) in [7, 11) is 0. The Morgan fingerprint density at radius 1 is 1.31 bits per heavy atom. The van der Waals surface area contributed by atoms with Crippen LogP contribution in [0.5, 0.6) is 0 Å². The van der Waals surface area contributed by atoms with Gasteiger partial charge in [0.25, 0.3) is 0 Å². The summed E-state index contributed by atoms with van der Waals surface area (Å²) in [6, 6.07) is 0. The Labute approximate surface area is 96.4 Å². The summed E-state index contributed by atoms with van der Waals surface area (Å²) in [6.45, 7) is 6.06. The van der Waals surface area contributed by atoms with E-state index in [0.29, 0.717) is 12.0 Å². The highest BCUT2D eigenvalue weighted by molar-refractivity contribution is 5.84. The van der Waals surface area contributed by atoms with Crippen LogP contribution in [0.4, 0.5) is 0 Å². The van der Waals surface area contributed by atoms with Gasteiger partial charge in [0, 0.05) is 12.5 Å². The van der Waals surface area contributed by atoms with Crippen LogP contribution in [0.2, 0.25) is 0 Å². The molecule has 1 rings (SSSR count). The van der Waals surface area contributed by atoms with E-state index >= 15 is 0 Å². The molecule has 1 fully saturated rings. The van der Waals surface area contributed by atoms with Crippen LogP contribution in [-0.2, 0) is 9.59 Å². The summed E-state index contributed by atoms with van der Waals surface area (Å²) >= 11 is 0. The van der Waals surface area contributed by atoms with Crippen molar-refractivity contribution in [2.45, 2.75) is 40.0 Å². The van der Waals surface area contributed by atoms with E-state index in [2.05, 4.69) is 12.2 Å². The van der Waals surface area contributed by atoms with Crippen LogP contribution in [0.3, 0.4) is 0 Å². The van der Waals surface area contributed by atoms with Crippen LogP contribution < -0.4 is 5.32 Å². The number of nitrogens with one attached hydrogen (secondary N) is 1. The van der Waals surface area contributed by atoms with Gasteiger partial charge < -0.3 is 10.4 Å². The number of hydrogen-bond donors (Lipinski definition) is 2. The average molecular weight is 227 g/mol. The Morgan fingerprint density at radius 2 is 1.88 bits per heavy atom. The largest absolute Gasteiger partial charge is 0.481 e. The number of carbonyl (C=O) groups excluding carboxylic acids is 1. The number of hydrogen-bond acceptors (Lipinski definition) is 2. The fourth-order valence-electron chi connectivity index (χ4n) is 1.71. The minimum atomic E-state index is -0.917. The molecule has 2 N–H and O–H groups in total. The van der Waals surface area contributed by atoms with Crippen LogP contribution >= 0.6 is 0 Å². The van der Waals surface area contributed by atoms with Crippen molar-refractivity contribution in [3.05, 3.63) is 0 Å². The standard InChI is InChI=1S/C12H21NO3/c1-4-12(5-6-12)7-13-10(14)8(2)9(3)11(15)16/h8-9H,4-7H2,1-3H3,(H,13,14)(H,15,16). The molecule has 0 bridgehead atoms. The van der Waals surface area contributed by atoms with Crippen LogP contribution in [0.15, 0.2) is 0 Å². The van der Waals surface area contributed by atoms with Crippen molar-refractivity contribution in [1.29, 1.82) is 0 Å². The van der Waals surface area contributed by atoms with Crippen molar-refractivity contribution in [1.82, 2.24) is 5.32 Å². The van der Waals surface area contributed by atoms with Crippen molar-refractivity contribution in [2.24, 2.45) is 17.3 Å². The van der Waals surface area contributed by atoms with Crippen LogP contribution in [0.1, 0.15) is 40.0 Å². The third-order valence-corrected chi connectivity index (χ3v) is 3.90. The highest BCUT2D eigenvalue weighted by atomic mass is 16.4. The lowest BCUT2D eigenvalue weighted by Crippen LogP contribution is -2.38. The zero-order chi connectivity index (χ0) is 12.3. The second kappa shape index (κ2) is 4.85. The normalized spacial score (nSPS) is 20.9. The summed E-state index contributed by atoms with van der Waals surface area (Å²) in [6.07, 6.45) is 3.43. The third kappa shape index (κ3) is 2.97. The molecule has 0 heterocycles. The molecular formula is C12H21NO3. The van der Waals surface area contributed by atoms with Gasteiger partial charge in [-0.3, -0.25) is 9.59 Å². The van der Waals surface area contributed by atoms with E-state index in [4.69, 9.17) is 5.11 Å². The van der Waals surface area contributed by atoms with Crippen LogP contribution in [0, 0.1) is 17.3 Å². The molecule has 1 aliphatic rings. The molecule has 1 aliphatic carbocycles. The second-order valence-electron chi connectivity index (χ2n) is 4.99. The Balaban J connectivity index is 2.37. The van der Waals surface area contributed by atoms with Gasteiger partial charge in [0.15, 0.2) is 0 Å². The summed E-state index contributed by atoms with van der Waals surface area (Å²) in [5, 5.41) is 11.7. The minimum Gasteiger partial charge on any atom is -0.481 e. The molecule has 0 aromatic rings. The summed E-state index contributed by atoms with van der Waals surface area (Å²) in [4.78, 5) is 22.4. The Morgan fingerprint density at radius 3 is 2.25 bits per heavy atom. The van der Waals surface area contributed by atoms with E-state index in [-0.39, 0.29) is 5.91 Å².